The average Bonchev–Trinajstić information content (AvgIpc) is 2.07. The molecule has 2 nitrogen and oxygen atoms in total. The lowest BCUT2D eigenvalue weighted by atomic mass is 9.87. The van der Waals surface area contributed by atoms with Crippen LogP contribution in [0.15, 0.2) is 4.99 Å². The highest BCUT2D eigenvalue weighted by Crippen LogP contribution is 2.25. The first-order valence-electron chi connectivity index (χ1n) is 4.47. The van der Waals surface area contributed by atoms with Crippen LogP contribution in [-0.2, 0) is 4.79 Å². The van der Waals surface area contributed by atoms with E-state index in [0.717, 1.165) is 12.3 Å². The average molecular weight is 153 g/mol. The van der Waals surface area contributed by atoms with Crippen LogP contribution in [0.25, 0.3) is 0 Å². The van der Waals surface area contributed by atoms with Gasteiger partial charge in [0.2, 0.25) is 6.08 Å². The normalized spacial score (nSPS) is 19.3. The van der Waals surface area contributed by atoms with Crippen molar-refractivity contribution in [1.29, 1.82) is 0 Å². The van der Waals surface area contributed by atoms with Crippen LogP contribution in [0.3, 0.4) is 0 Å². The van der Waals surface area contributed by atoms with Gasteiger partial charge in [-0.2, -0.15) is 0 Å². The molecule has 0 heterocycles. The molecule has 0 aliphatic heterocycles. The fourth-order valence-electron chi connectivity index (χ4n) is 1.77. The summed E-state index contributed by atoms with van der Waals surface area (Å²) in [5.41, 5.74) is 0. The first-order valence-corrected chi connectivity index (χ1v) is 4.47. The molecule has 0 amide bonds. The Balaban J connectivity index is 2.09. The van der Waals surface area contributed by atoms with Crippen LogP contribution in [0.2, 0.25) is 0 Å². The molecule has 0 radical (unpaired) electrons. The molecule has 0 unspecified atom stereocenters. The summed E-state index contributed by atoms with van der Waals surface area (Å²) in [5, 5.41) is 0. The summed E-state index contributed by atoms with van der Waals surface area (Å²) in [6, 6.07) is 0. The highest BCUT2D eigenvalue weighted by molar-refractivity contribution is 5.32. The van der Waals surface area contributed by atoms with Gasteiger partial charge < -0.3 is 0 Å². The van der Waals surface area contributed by atoms with Crippen molar-refractivity contribution in [3.05, 3.63) is 0 Å². The minimum atomic E-state index is 0.689. The van der Waals surface area contributed by atoms with Crippen LogP contribution in [0.5, 0.6) is 0 Å². The van der Waals surface area contributed by atoms with Crippen molar-refractivity contribution in [2.24, 2.45) is 10.9 Å². The standard InChI is InChI=1S/C9H15NO/c11-8-10-7-6-9-4-2-1-3-5-9/h9H,1-7H2. The van der Waals surface area contributed by atoms with Gasteiger partial charge in [0, 0.05) is 0 Å². The van der Waals surface area contributed by atoms with Gasteiger partial charge in [-0.25, -0.2) is 9.79 Å². The quantitative estimate of drug-likeness (QED) is 0.452. The molecular formula is C9H15NO. The first-order chi connectivity index (χ1) is 5.43. The highest BCUT2D eigenvalue weighted by atomic mass is 16.1. The van der Waals surface area contributed by atoms with E-state index in [2.05, 4.69) is 4.99 Å². The fraction of sp³-hybridized carbons (Fsp3) is 0.889. The zero-order valence-electron chi connectivity index (χ0n) is 6.88. The Bertz CT molecular complexity index is 144. The van der Waals surface area contributed by atoms with E-state index in [1.165, 1.54) is 32.1 Å². The maximum Gasteiger partial charge on any atom is 0.234 e. The molecule has 0 bridgehead atoms. The third-order valence-corrected chi connectivity index (χ3v) is 2.44. The van der Waals surface area contributed by atoms with Crippen molar-refractivity contribution in [3.63, 3.8) is 0 Å². The number of isocyanates is 1. The van der Waals surface area contributed by atoms with E-state index in [0.29, 0.717) is 6.54 Å². The zero-order valence-corrected chi connectivity index (χ0v) is 6.88. The van der Waals surface area contributed by atoms with Crippen LogP contribution < -0.4 is 0 Å². The predicted octanol–water partition coefficient (Wildman–Crippen LogP) is 2.29. The largest absolute Gasteiger partial charge is 0.234 e. The lowest BCUT2D eigenvalue weighted by Crippen LogP contribution is -2.07. The Labute approximate surface area is 67.7 Å². The number of nitrogens with zero attached hydrogens (tertiary/aromatic N) is 1. The molecule has 0 atom stereocenters. The van der Waals surface area contributed by atoms with Crippen molar-refractivity contribution in [1.82, 2.24) is 0 Å². The number of carbonyl (C=O) groups excluding carboxylic acids is 1. The maximum atomic E-state index is 9.75. The summed E-state index contributed by atoms with van der Waals surface area (Å²) in [5.74, 6) is 0.834. The molecule has 0 aromatic carbocycles. The van der Waals surface area contributed by atoms with Gasteiger partial charge in [-0.15, -0.1) is 0 Å². The second-order valence-corrected chi connectivity index (χ2v) is 3.27. The van der Waals surface area contributed by atoms with Crippen LogP contribution in [0.4, 0.5) is 0 Å². The summed E-state index contributed by atoms with van der Waals surface area (Å²) in [6.45, 7) is 0.689. The van der Waals surface area contributed by atoms with E-state index in [1.807, 2.05) is 0 Å². The summed E-state index contributed by atoms with van der Waals surface area (Å²) in [6.07, 6.45) is 9.50. The molecule has 11 heavy (non-hydrogen) atoms. The van der Waals surface area contributed by atoms with Gasteiger partial charge in [0.15, 0.2) is 0 Å². The van der Waals surface area contributed by atoms with Gasteiger partial charge in [-0.3, -0.25) is 0 Å². The van der Waals surface area contributed by atoms with Gasteiger partial charge in [0.1, 0.15) is 0 Å². The number of rotatable bonds is 3. The monoisotopic (exact) mass is 153 g/mol. The van der Waals surface area contributed by atoms with Gasteiger partial charge in [-0.1, -0.05) is 32.1 Å². The van der Waals surface area contributed by atoms with Crippen LogP contribution in [0.1, 0.15) is 38.5 Å². The van der Waals surface area contributed by atoms with Gasteiger partial charge in [-0.05, 0) is 12.3 Å². The molecule has 0 aromatic heterocycles. The third-order valence-electron chi connectivity index (χ3n) is 2.44. The van der Waals surface area contributed by atoms with Gasteiger partial charge >= 0.3 is 0 Å². The molecule has 1 fully saturated rings. The van der Waals surface area contributed by atoms with Crippen molar-refractivity contribution < 1.29 is 4.79 Å². The summed E-state index contributed by atoms with van der Waals surface area (Å²) in [7, 11) is 0. The molecule has 1 rings (SSSR count). The molecule has 1 aliphatic rings. The number of aliphatic imine (C=N–C) groups is 1. The van der Waals surface area contributed by atoms with Gasteiger partial charge in [0.05, 0.1) is 6.54 Å². The van der Waals surface area contributed by atoms with Crippen molar-refractivity contribution >= 4 is 6.08 Å². The summed E-state index contributed by atoms with van der Waals surface area (Å²) < 4.78 is 0. The smallest absolute Gasteiger partial charge is 0.211 e. The molecule has 0 spiro atoms. The van der Waals surface area contributed by atoms with Crippen LogP contribution in [0, 0.1) is 5.92 Å². The van der Waals surface area contributed by atoms with Crippen LogP contribution >= 0.6 is 0 Å². The van der Waals surface area contributed by atoms with Gasteiger partial charge in [0.25, 0.3) is 0 Å². The van der Waals surface area contributed by atoms with E-state index in [-0.39, 0.29) is 0 Å². The van der Waals surface area contributed by atoms with E-state index in [4.69, 9.17) is 0 Å². The number of hydrogen-bond donors (Lipinski definition) is 0. The first kappa shape index (κ1) is 8.48. The second kappa shape index (κ2) is 5.09. The Morgan fingerprint density at radius 2 is 2.00 bits per heavy atom. The van der Waals surface area contributed by atoms with E-state index in [1.54, 1.807) is 6.08 Å². The Kier molecular flexibility index (Phi) is 3.92. The highest BCUT2D eigenvalue weighted by Gasteiger charge is 2.11. The zero-order chi connectivity index (χ0) is 7.94. The summed E-state index contributed by atoms with van der Waals surface area (Å²) in [4.78, 5) is 13.3. The molecule has 1 saturated carbocycles. The fourth-order valence-corrected chi connectivity index (χ4v) is 1.77. The van der Waals surface area contributed by atoms with E-state index >= 15 is 0 Å². The van der Waals surface area contributed by atoms with Crippen LogP contribution in [-0.4, -0.2) is 12.6 Å². The third kappa shape index (κ3) is 3.33. The minimum absolute atomic E-state index is 0.689. The van der Waals surface area contributed by atoms with E-state index in [9.17, 15) is 4.79 Å². The minimum Gasteiger partial charge on any atom is -0.211 e. The maximum absolute atomic E-state index is 9.75. The van der Waals surface area contributed by atoms with Crippen molar-refractivity contribution in [2.45, 2.75) is 38.5 Å². The lowest BCUT2D eigenvalue weighted by molar-refractivity contribution is 0.343. The van der Waals surface area contributed by atoms with Crippen molar-refractivity contribution in [3.8, 4) is 0 Å². The second-order valence-electron chi connectivity index (χ2n) is 3.27. The molecule has 2 heteroatoms. The predicted molar refractivity (Wildman–Crippen MR) is 44.2 cm³/mol. The molecule has 1 aliphatic carbocycles. The molecular weight excluding hydrogens is 138 g/mol. The topological polar surface area (TPSA) is 29.4 Å². The molecule has 62 valence electrons. The molecule has 0 aromatic rings. The Morgan fingerprint density at radius 1 is 1.27 bits per heavy atom. The summed E-state index contributed by atoms with van der Waals surface area (Å²) >= 11 is 0. The van der Waals surface area contributed by atoms with E-state index < -0.39 is 0 Å². The molecule has 0 saturated heterocycles. The number of hydrogen-bond acceptors (Lipinski definition) is 2. The Hall–Kier alpha value is -0.620. The van der Waals surface area contributed by atoms with Crippen molar-refractivity contribution in [2.75, 3.05) is 6.54 Å². The SMILES string of the molecule is O=C=NCCC1CCCCC1. The Morgan fingerprint density at radius 3 is 2.64 bits per heavy atom. The lowest BCUT2D eigenvalue weighted by Gasteiger charge is -2.19. The molecule has 0 N–H and O–H groups in total.